The minimum Gasteiger partial charge on any atom is -0.370 e. The number of halogens is 2. The maximum Gasteiger partial charge on any atom is 0.110 e. The van der Waals surface area contributed by atoms with Crippen LogP contribution in [0.15, 0.2) is 0 Å². The molecule has 1 nitrogen and oxygen atoms in total. The van der Waals surface area contributed by atoms with Crippen LogP contribution in [0.4, 0.5) is 0 Å². The first kappa shape index (κ1) is 6.66. The number of ether oxygens (including phenoxy) is 1. The Hall–Kier alpha value is 0.540. The Labute approximate surface area is 58.9 Å². The van der Waals surface area contributed by atoms with Crippen LogP contribution in [-0.4, -0.2) is 17.0 Å². The zero-order chi connectivity index (χ0) is 6.20. The van der Waals surface area contributed by atoms with Crippen molar-refractivity contribution in [1.82, 2.24) is 0 Å². The van der Waals surface area contributed by atoms with Gasteiger partial charge in [0.2, 0.25) is 0 Å². The van der Waals surface area contributed by atoms with Crippen molar-refractivity contribution in [3.8, 4) is 0 Å². The highest BCUT2D eigenvalue weighted by molar-refractivity contribution is 6.44. The number of hydrogen-bond acceptors (Lipinski definition) is 1. The lowest BCUT2D eigenvalue weighted by Crippen LogP contribution is -2.08. The lowest BCUT2D eigenvalue weighted by Gasteiger charge is -2.02. The summed E-state index contributed by atoms with van der Waals surface area (Å²) in [6, 6.07) is 0. The smallest absolute Gasteiger partial charge is 0.110 e. The number of epoxide rings is 1. The fourth-order valence-corrected chi connectivity index (χ4v) is 1.22. The first-order chi connectivity index (χ1) is 3.62. The molecule has 1 fully saturated rings. The van der Waals surface area contributed by atoms with Crippen LogP contribution in [-0.2, 0) is 4.74 Å². The van der Waals surface area contributed by atoms with E-state index in [-0.39, 0.29) is 10.4 Å². The van der Waals surface area contributed by atoms with Crippen LogP contribution in [0.2, 0.25) is 0 Å². The third-order valence-electron chi connectivity index (χ3n) is 1.22. The summed E-state index contributed by atoms with van der Waals surface area (Å²) >= 11 is 11.0. The Kier molecular flexibility index (Phi) is 1.71. The summed E-state index contributed by atoms with van der Waals surface area (Å²) in [4.78, 5) is -0.275. The zero-order valence-electron chi connectivity index (χ0n) is 4.66. The molecule has 1 saturated heterocycles. The van der Waals surface area contributed by atoms with Crippen molar-refractivity contribution in [3.05, 3.63) is 0 Å². The molecule has 1 rings (SSSR count). The summed E-state index contributed by atoms with van der Waals surface area (Å²) in [6.45, 7) is 2.81. The first-order valence-corrected chi connectivity index (χ1v) is 3.42. The molecule has 3 heteroatoms. The number of rotatable bonds is 2. The molecule has 1 aliphatic heterocycles. The molecule has 1 aliphatic rings. The third kappa shape index (κ3) is 1.81. The molecule has 0 aromatic rings. The van der Waals surface area contributed by atoms with E-state index in [1.165, 1.54) is 0 Å². The van der Waals surface area contributed by atoms with Crippen LogP contribution >= 0.6 is 23.2 Å². The van der Waals surface area contributed by atoms with Gasteiger partial charge in [-0.15, -0.1) is 23.2 Å². The molecule has 1 unspecified atom stereocenters. The van der Waals surface area contributed by atoms with Gasteiger partial charge in [-0.25, -0.2) is 0 Å². The molecule has 0 saturated carbocycles. The van der Waals surface area contributed by atoms with E-state index in [0.717, 1.165) is 13.0 Å². The van der Waals surface area contributed by atoms with Gasteiger partial charge in [0.1, 0.15) is 4.84 Å². The van der Waals surface area contributed by atoms with E-state index in [1.807, 2.05) is 6.92 Å². The van der Waals surface area contributed by atoms with Gasteiger partial charge in [0.25, 0.3) is 0 Å². The van der Waals surface area contributed by atoms with Crippen molar-refractivity contribution in [2.45, 2.75) is 23.8 Å². The second-order valence-electron chi connectivity index (χ2n) is 2.33. The van der Waals surface area contributed by atoms with Gasteiger partial charge in [-0.1, -0.05) is 0 Å². The van der Waals surface area contributed by atoms with E-state index in [2.05, 4.69) is 0 Å². The minimum absolute atomic E-state index is 0.00810. The summed E-state index contributed by atoms with van der Waals surface area (Å²) in [7, 11) is 0. The fourth-order valence-electron chi connectivity index (χ4n) is 0.567. The molecule has 0 aromatic carbocycles. The molecule has 0 amide bonds. The Bertz CT molecular complexity index is 88.4. The lowest BCUT2D eigenvalue weighted by atomic mass is 10.1. The maximum absolute atomic E-state index is 5.49. The van der Waals surface area contributed by atoms with Crippen molar-refractivity contribution in [1.29, 1.82) is 0 Å². The van der Waals surface area contributed by atoms with Gasteiger partial charge in [-0.05, 0) is 6.92 Å². The first-order valence-electron chi connectivity index (χ1n) is 2.54. The van der Waals surface area contributed by atoms with Gasteiger partial charge in [0.05, 0.1) is 12.2 Å². The fraction of sp³-hybridized carbons (Fsp3) is 1.00. The van der Waals surface area contributed by atoms with Gasteiger partial charge >= 0.3 is 0 Å². The summed E-state index contributed by atoms with van der Waals surface area (Å²) in [5, 5.41) is 0. The molecule has 0 aliphatic carbocycles. The summed E-state index contributed by atoms with van der Waals surface area (Å²) in [5.74, 6) is 0. The molecule has 48 valence electrons. The molecule has 0 N–H and O–H groups in total. The van der Waals surface area contributed by atoms with E-state index >= 15 is 0 Å². The van der Waals surface area contributed by atoms with Gasteiger partial charge in [-0.3, -0.25) is 0 Å². The van der Waals surface area contributed by atoms with Crippen LogP contribution < -0.4 is 0 Å². The van der Waals surface area contributed by atoms with Crippen LogP contribution in [0.25, 0.3) is 0 Å². The molecule has 0 aromatic heterocycles. The van der Waals surface area contributed by atoms with Gasteiger partial charge < -0.3 is 4.74 Å². The zero-order valence-corrected chi connectivity index (χ0v) is 6.17. The van der Waals surface area contributed by atoms with Crippen LogP contribution in [0.3, 0.4) is 0 Å². The average Bonchev–Trinajstić information content (AvgIpc) is 2.17. The molecule has 0 spiro atoms. The topological polar surface area (TPSA) is 12.5 Å². The molecule has 8 heavy (non-hydrogen) atoms. The minimum atomic E-state index is -0.275. The van der Waals surface area contributed by atoms with E-state index in [9.17, 15) is 0 Å². The van der Waals surface area contributed by atoms with Crippen molar-refractivity contribution in [2.24, 2.45) is 0 Å². The summed E-state index contributed by atoms with van der Waals surface area (Å²) < 4.78 is 5.04. The van der Waals surface area contributed by atoms with Crippen molar-refractivity contribution in [3.63, 3.8) is 0 Å². The third-order valence-corrected chi connectivity index (χ3v) is 1.53. The molecular formula is C5H8Cl2O. The summed E-state index contributed by atoms with van der Waals surface area (Å²) in [6.07, 6.45) is 0.746. The van der Waals surface area contributed by atoms with Crippen LogP contribution in [0.1, 0.15) is 13.3 Å². The highest BCUT2D eigenvalue weighted by Crippen LogP contribution is 2.33. The molecular weight excluding hydrogens is 147 g/mol. The van der Waals surface area contributed by atoms with Gasteiger partial charge in [-0.2, -0.15) is 0 Å². The van der Waals surface area contributed by atoms with Gasteiger partial charge in [0, 0.05) is 6.42 Å². The van der Waals surface area contributed by atoms with E-state index in [1.54, 1.807) is 0 Å². The number of alkyl halides is 2. The second-order valence-corrected chi connectivity index (χ2v) is 3.61. The Balaban J connectivity index is 2.19. The second kappa shape index (κ2) is 2.05. The van der Waals surface area contributed by atoms with E-state index in [0.29, 0.717) is 0 Å². The molecule has 1 atom stereocenters. The van der Waals surface area contributed by atoms with Gasteiger partial charge in [0.15, 0.2) is 0 Å². The maximum atomic E-state index is 5.49. The highest BCUT2D eigenvalue weighted by Gasteiger charge is 2.40. The van der Waals surface area contributed by atoms with E-state index < -0.39 is 0 Å². The lowest BCUT2D eigenvalue weighted by molar-refractivity contribution is 0.314. The normalized spacial score (nSPS) is 36.0. The molecule has 1 heterocycles. The Morgan fingerprint density at radius 1 is 1.75 bits per heavy atom. The largest absolute Gasteiger partial charge is 0.370 e. The van der Waals surface area contributed by atoms with Crippen molar-refractivity contribution < 1.29 is 4.74 Å². The number of hydrogen-bond donors (Lipinski definition) is 0. The Morgan fingerprint density at radius 2 is 2.25 bits per heavy atom. The predicted octanol–water partition coefficient (Wildman–Crippen LogP) is 1.97. The standard InChI is InChI=1S/C5H8Cl2O/c1-5(3-8-5)2-4(6)7/h4H,2-3H2,1H3. The SMILES string of the molecule is CC1(CC(Cl)Cl)CO1. The van der Waals surface area contributed by atoms with Crippen molar-refractivity contribution in [2.75, 3.05) is 6.61 Å². The molecule has 0 bridgehead atoms. The van der Waals surface area contributed by atoms with Crippen molar-refractivity contribution >= 4 is 23.2 Å². The quantitative estimate of drug-likeness (QED) is 0.438. The monoisotopic (exact) mass is 154 g/mol. The Morgan fingerprint density at radius 3 is 2.38 bits per heavy atom. The van der Waals surface area contributed by atoms with E-state index in [4.69, 9.17) is 27.9 Å². The predicted molar refractivity (Wildman–Crippen MR) is 34.5 cm³/mol. The highest BCUT2D eigenvalue weighted by atomic mass is 35.5. The van der Waals surface area contributed by atoms with Crippen LogP contribution in [0, 0.1) is 0 Å². The summed E-state index contributed by atoms with van der Waals surface area (Å²) in [5.41, 5.74) is 0.00810. The molecule has 0 radical (unpaired) electrons. The average molecular weight is 155 g/mol. The van der Waals surface area contributed by atoms with Crippen LogP contribution in [0.5, 0.6) is 0 Å².